The number of hydrogen-bond acceptors (Lipinski definition) is 8. The Hall–Kier alpha value is -4.65. The number of benzene rings is 2. The molecule has 2 heterocycles. The van der Waals surface area contributed by atoms with Crippen molar-refractivity contribution in [2.75, 3.05) is 41.4 Å². The second kappa shape index (κ2) is 11.8. The van der Waals surface area contributed by atoms with Crippen LogP contribution >= 0.6 is 0 Å². The topological polar surface area (TPSA) is 121 Å². The Morgan fingerprint density at radius 2 is 1.85 bits per heavy atom. The molecule has 1 fully saturated rings. The average molecular weight is 566 g/mol. The van der Waals surface area contributed by atoms with E-state index in [1.54, 1.807) is 42.2 Å². The van der Waals surface area contributed by atoms with E-state index in [0.29, 0.717) is 42.3 Å². The molecule has 0 unspecified atom stereocenters. The molecule has 41 heavy (non-hydrogen) atoms. The number of anilines is 5. The van der Waals surface area contributed by atoms with E-state index in [1.807, 2.05) is 13.0 Å². The predicted molar refractivity (Wildman–Crippen MR) is 152 cm³/mol. The lowest BCUT2D eigenvalue weighted by atomic mass is 10.1. The van der Waals surface area contributed by atoms with Crippen LogP contribution in [0.15, 0.2) is 61.2 Å². The number of nitrogens with one attached hydrogen (secondary N) is 5. The molecule has 2 aromatic carbocycles. The number of carbonyl (C=O) groups is 1. The van der Waals surface area contributed by atoms with Gasteiger partial charge in [0.15, 0.2) is 0 Å². The Kier molecular flexibility index (Phi) is 8.06. The SMILES string of the molecule is CNCCNc1cc(C(=O)Nc2ccc(C)c(Nc3nccn3-c3cc(NC4CC4)ncn3)c2)cc(C(F)(F)F)c1. The van der Waals surface area contributed by atoms with E-state index in [-0.39, 0.29) is 11.3 Å². The molecule has 1 aliphatic rings. The van der Waals surface area contributed by atoms with Crippen molar-refractivity contribution in [3.05, 3.63) is 77.9 Å². The first-order chi connectivity index (χ1) is 19.7. The Balaban J connectivity index is 1.35. The standard InChI is InChI=1S/C28H30F3N9O/c1-17-3-4-21(38-26(41)18-11-19(28(29,30)31)13-22(12-18)33-8-7-32-2)14-23(17)39-27-34-9-10-40(27)25-15-24(35-16-36-25)37-20-5-6-20/h3-4,9-16,20,32-33H,5-8H2,1-2H3,(H,34,39)(H,38,41)(H,35,36,37). The first kappa shape index (κ1) is 27.9. The number of nitrogens with zero attached hydrogens (tertiary/aromatic N) is 4. The van der Waals surface area contributed by atoms with Gasteiger partial charge >= 0.3 is 6.18 Å². The monoisotopic (exact) mass is 565 g/mol. The van der Waals surface area contributed by atoms with Crippen LogP contribution in [0.25, 0.3) is 5.82 Å². The third-order valence-electron chi connectivity index (χ3n) is 6.44. The minimum Gasteiger partial charge on any atom is -0.384 e. The van der Waals surface area contributed by atoms with Crippen LogP contribution in [0, 0.1) is 6.92 Å². The summed E-state index contributed by atoms with van der Waals surface area (Å²) < 4.78 is 42.4. The molecular weight excluding hydrogens is 535 g/mol. The van der Waals surface area contributed by atoms with Crippen LogP contribution in [0.5, 0.6) is 0 Å². The molecule has 1 amide bonds. The van der Waals surface area contributed by atoms with Crippen LogP contribution in [-0.4, -0.2) is 51.6 Å². The largest absolute Gasteiger partial charge is 0.416 e. The highest BCUT2D eigenvalue weighted by atomic mass is 19.4. The molecule has 1 saturated carbocycles. The van der Waals surface area contributed by atoms with Crippen LogP contribution in [0.2, 0.25) is 0 Å². The highest BCUT2D eigenvalue weighted by Gasteiger charge is 2.32. The fraction of sp³-hybridized carbons (Fsp3) is 0.286. The van der Waals surface area contributed by atoms with Crippen molar-refractivity contribution in [3.8, 4) is 5.82 Å². The highest BCUT2D eigenvalue weighted by Crippen LogP contribution is 2.33. The number of amides is 1. The van der Waals surface area contributed by atoms with Crippen molar-refractivity contribution < 1.29 is 18.0 Å². The van der Waals surface area contributed by atoms with Gasteiger partial charge in [0.25, 0.3) is 5.91 Å². The Morgan fingerprint density at radius 3 is 2.61 bits per heavy atom. The van der Waals surface area contributed by atoms with Gasteiger partial charge in [0, 0.05) is 60.2 Å². The maximum absolute atomic E-state index is 13.5. The zero-order chi connectivity index (χ0) is 29.0. The number of aryl methyl sites for hydroxylation is 1. The van der Waals surface area contributed by atoms with Crippen LogP contribution in [-0.2, 0) is 6.18 Å². The van der Waals surface area contributed by atoms with Crippen molar-refractivity contribution in [2.24, 2.45) is 0 Å². The number of carbonyl (C=O) groups excluding carboxylic acids is 1. The third kappa shape index (κ3) is 7.11. The van der Waals surface area contributed by atoms with Gasteiger partial charge in [-0.15, -0.1) is 0 Å². The molecule has 0 atom stereocenters. The summed E-state index contributed by atoms with van der Waals surface area (Å²) in [5, 5.41) is 15.2. The van der Waals surface area contributed by atoms with E-state index >= 15 is 0 Å². The van der Waals surface area contributed by atoms with Gasteiger partial charge in [-0.3, -0.25) is 9.36 Å². The number of halogens is 3. The van der Waals surface area contributed by atoms with Crippen LogP contribution in [0.1, 0.15) is 34.3 Å². The lowest BCUT2D eigenvalue weighted by Crippen LogP contribution is -2.19. The maximum atomic E-state index is 13.5. The molecule has 5 N–H and O–H groups in total. The Labute approximate surface area is 234 Å². The molecule has 214 valence electrons. The predicted octanol–water partition coefficient (Wildman–Crippen LogP) is 5.19. The molecular formula is C28H30F3N9O. The number of imidazole rings is 1. The molecule has 0 aliphatic heterocycles. The van der Waals surface area contributed by atoms with Crippen molar-refractivity contribution in [3.63, 3.8) is 0 Å². The lowest BCUT2D eigenvalue weighted by molar-refractivity contribution is -0.137. The summed E-state index contributed by atoms with van der Waals surface area (Å²) in [6, 6.07) is 10.7. The molecule has 0 spiro atoms. The van der Waals surface area contributed by atoms with Gasteiger partial charge in [-0.1, -0.05) is 6.07 Å². The Morgan fingerprint density at radius 1 is 1.02 bits per heavy atom. The lowest BCUT2D eigenvalue weighted by Gasteiger charge is -2.15. The third-order valence-corrected chi connectivity index (χ3v) is 6.44. The molecule has 0 saturated heterocycles. The summed E-state index contributed by atoms with van der Waals surface area (Å²) in [6.07, 6.45) is 2.52. The van der Waals surface area contributed by atoms with E-state index < -0.39 is 17.6 Å². The van der Waals surface area contributed by atoms with Gasteiger partial charge in [0.05, 0.1) is 5.56 Å². The molecule has 1 aliphatic carbocycles. The summed E-state index contributed by atoms with van der Waals surface area (Å²) in [5.74, 6) is 1.17. The normalized spacial score (nSPS) is 13.1. The van der Waals surface area contributed by atoms with Crippen LogP contribution in [0.4, 0.5) is 42.0 Å². The summed E-state index contributed by atoms with van der Waals surface area (Å²) >= 11 is 0. The number of likely N-dealkylation sites (N-methyl/N-ethyl adjacent to an activating group) is 1. The van der Waals surface area contributed by atoms with Crippen molar-refractivity contribution in [1.82, 2.24) is 24.8 Å². The minimum atomic E-state index is -4.60. The van der Waals surface area contributed by atoms with Gasteiger partial charge in [-0.25, -0.2) is 15.0 Å². The number of hydrogen-bond donors (Lipinski definition) is 5. The zero-order valence-corrected chi connectivity index (χ0v) is 22.5. The van der Waals surface area contributed by atoms with Gasteiger partial charge in [-0.05, 0) is 62.7 Å². The summed E-state index contributed by atoms with van der Waals surface area (Å²) in [7, 11) is 1.74. The van der Waals surface area contributed by atoms with Gasteiger partial charge in [0.2, 0.25) is 5.95 Å². The average Bonchev–Trinajstić information content (AvgIpc) is 3.64. The first-order valence-electron chi connectivity index (χ1n) is 13.1. The van der Waals surface area contributed by atoms with E-state index in [2.05, 4.69) is 41.5 Å². The highest BCUT2D eigenvalue weighted by molar-refractivity contribution is 6.05. The number of alkyl halides is 3. The minimum absolute atomic E-state index is 0.114. The van der Waals surface area contributed by atoms with Gasteiger partial charge in [-0.2, -0.15) is 13.2 Å². The molecule has 4 aromatic rings. The van der Waals surface area contributed by atoms with Crippen molar-refractivity contribution in [2.45, 2.75) is 32.0 Å². The number of aromatic nitrogens is 4. The summed E-state index contributed by atoms with van der Waals surface area (Å²) in [6.45, 7) is 2.83. The molecule has 0 bridgehead atoms. The molecule has 10 nitrogen and oxygen atoms in total. The fourth-order valence-corrected chi connectivity index (χ4v) is 4.09. The maximum Gasteiger partial charge on any atom is 0.416 e. The van der Waals surface area contributed by atoms with Crippen molar-refractivity contribution in [1.29, 1.82) is 0 Å². The van der Waals surface area contributed by atoms with E-state index in [4.69, 9.17) is 0 Å². The second-order valence-corrected chi connectivity index (χ2v) is 9.74. The van der Waals surface area contributed by atoms with Gasteiger partial charge < -0.3 is 26.6 Å². The first-order valence-corrected chi connectivity index (χ1v) is 13.1. The zero-order valence-electron chi connectivity index (χ0n) is 22.5. The smallest absolute Gasteiger partial charge is 0.384 e. The van der Waals surface area contributed by atoms with E-state index in [9.17, 15) is 18.0 Å². The van der Waals surface area contributed by atoms with Crippen LogP contribution < -0.4 is 26.6 Å². The quantitative estimate of drug-likeness (QED) is 0.158. The molecule has 2 aromatic heterocycles. The molecule has 13 heteroatoms. The van der Waals surface area contributed by atoms with Gasteiger partial charge in [0.1, 0.15) is 18.0 Å². The summed E-state index contributed by atoms with van der Waals surface area (Å²) in [5.41, 5.74) is 1.11. The van der Waals surface area contributed by atoms with E-state index in [1.165, 1.54) is 12.4 Å². The van der Waals surface area contributed by atoms with E-state index in [0.717, 1.165) is 36.4 Å². The van der Waals surface area contributed by atoms with Crippen LogP contribution in [0.3, 0.4) is 0 Å². The van der Waals surface area contributed by atoms with Crippen molar-refractivity contribution >= 4 is 34.7 Å². The second-order valence-electron chi connectivity index (χ2n) is 9.74. The molecule has 0 radical (unpaired) electrons. The fourth-order valence-electron chi connectivity index (χ4n) is 4.09. The molecule has 5 rings (SSSR count). The number of rotatable bonds is 11. The Bertz CT molecular complexity index is 1530. The summed E-state index contributed by atoms with van der Waals surface area (Å²) in [4.78, 5) is 26.1.